The molecular weight excluding hydrogens is 224 g/mol. The molecule has 0 N–H and O–H groups in total. The first-order valence-corrected chi connectivity index (χ1v) is 6.46. The number of nitrogens with zero attached hydrogens (tertiary/aromatic N) is 2. The fourth-order valence-corrected chi connectivity index (χ4v) is 3.63. The Bertz CT molecular complexity index is 418. The molecule has 1 saturated heterocycles. The van der Waals surface area contributed by atoms with Crippen LogP contribution in [0.2, 0.25) is 0 Å². The second kappa shape index (κ2) is 3.73. The summed E-state index contributed by atoms with van der Waals surface area (Å²) in [6.45, 7) is 1.11. The zero-order chi connectivity index (χ0) is 11.1. The molecule has 2 unspecified atom stereocenters. The molecule has 0 radical (unpaired) electrons. The van der Waals surface area contributed by atoms with Crippen molar-refractivity contribution in [3.8, 4) is 0 Å². The predicted molar refractivity (Wildman–Crippen MR) is 61.9 cm³/mol. The van der Waals surface area contributed by atoms with Crippen LogP contribution in [0, 0.1) is 5.92 Å². The number of anilines is 1. The molecule has 1 aromatic rings. The number of hydrogen-bond acceptors (Lipinski definition) is 5. The number of ether oxygens (including phenoxy) is 1. The van der Waals surface area contributed by atoms with Gasteiger partial charge in [0.1, 0.15) is 0 Å². The second-order valence-electron chi connectivity index (χ2n) is 4.49. The number of hydrogen-bond donors (Lipinski definition) is 0. The van der Waals surface area contributed by atoms with E-state index in [1.54, 1.807) is 16.7 Å². The number of aromatic nitrogens is 1. The lowest BCUT2D eigenvalue weighted by atomic mass is 10.1. The fourth-order valence-electron chi connectivity index (χ4n) is 2.75. The van der Waals surface area contributed by atoms with Crippen LogP contribution in [0.25, 0.3) is 0 Å². The van der Waals surface area contributed by atoms with Crippen molar-refractivity contribution in [3.05, 3.63) is 11.1 Å². The first-order chi connectivity index (χ1) is 7.78. The Balaban J connectivity index is 1.80. The van der Waals surface area contributed by atoms with Gasteiger partial charge in [-0.25, -0.2) is 9.78 Å². The molecule has 2 atom stereocenters. The largest absolute Gasteiger partial charge is 0.464 e. The molecule has 2 fully saturated rings. The molecule has 1 aliphatic carbocycles. The summed E-state index contributed by atoms with van der Waals surface area (Å²) < 4.78 is 4.66. The van der Waals surface area contributed by atoms with Gasteiger partial charge in [-0.05, 0) is 25.2 Å². The van der Waals surface area contributed by atoms with Crippen LogP contribution in [-0.4, -0.2) is 30.6 Å². The number of piperidine rings is 1. The zero-order valence-corrected chi connectivity index (χ0v) is 10.00. The third kappa shape index (κ3) is 1.50. The summed E-state index contributed by atoms with van der Waals surface area (Å²) in [7, 11) is 1.39. The van der Waals surface area contributed by atoms with E-state index in [1.807, 2.05) is 0 Å². The highest BCUT2D eigenvalue weighted by Crippen LogP contribution is 2.40. The SMILES string of the molecule is COC(=O)c1csc(N2CC3CCC2C3)n1. The average molecular weight is 238 g/mol. The van der Waals surface area contributed by atoms with E-state index in [1.165, 1.54) is 26.4 Å². The van der Waals surface area contributed by atoms with Crippen LogP contribution >= 0.6 is 11.3 Å². The van der Waals surface area contributed by atoms with Crippen molar-refractivity contribution in [2.45, 2.75) is 25.3 Å². The van der Waals surface area contributed by atoms with Crippen molar-refractivity contribution in [2.24, 2.45) is 5.92 Å². The van der Waals surface area contributed by atoms with Gasteiger partial charge in [0, 0.05) is 18.0 Å². The van der Waals surface area contributed by atoms with E-state index in [4.69, 9.17) is 0 Å². The van der Waals surface area contributed by atoms with E-state index in [-0.39, 0.29) is 5.97 Å². The summed E-state index contributed by atoms with van der Waals surface area (Å²) >= 11 is 1.54. The normalized spacial score (nSPS) is 27.4. The highest BCUT2D eigenvalue weighted by Gasteiger charge is 2.39. The maximum Gasteiger partial charge on any atom is 0.357 e. The summed E-state index contributed by atoms with van der Waals surface area (Å²) in [6, 6.07) is 0.654. The molecule has 86 valence electrons. The molecule has 1 aromatic heterocycles. The van der Waals surface area contributed by atoms with Gasteiger partial charge in [-0.15, -0.1) is 11.3 Å². The van der Waals surface area contributed by atoms with Gasteiger partial charge >= 0.3 is 5.97 Å². The van der Waals surface area contributed by atoms with Gasteiger partial charge < -0.3 is 9.64 Å². The summed E-state index contributed by atoms with van der Waals surface area (Å²) in [5.74, 6) is 0.502. The van der Waals surface area contributed by atoms with E-state index >= 15 is 0 Å². The van der Waals surface area contributed by atoms with Crippen LogP contribution in [0.5, 0.6) is 0 Å². The lowest BCUT2D eigenvalue weighted by Gasteiger charge is -2.26. The lowest BCUT2D eigenvalue weighted by molar-refractivity contribution is 0.0595. The molecule has 4 nitrogen and oxygen atoms in total. The minimum absolute atomic E-state index is 0.341. The van der Waals surface area contributed by atoms with Crippen LogP contribution in [-0.2, 0) is 4.74 Å². The topological polar surface area (TPSA) is 42.4 Å². The molecule has 2 bridgehead atoms. The summed E-state index contributed by atoms with van der Waals surface area (Å²) in [4.78, 5) is 18.0. The van der Waals surface area contributed by atoms with Crippen molar-refractivity contribution in [2.75, 3.05) is 18.6 Å². The standard InChI is InChI=1S/C11H14N2O2S/c1-15-10(14)9-6-16-11(12-9)13-5-7-2-3-8(13)4-7/h6-8H,2-5H2,1H3. The maximum absolute atomic E-state index is 11.3. The molecule has 16 heavy (non-hydrogen) atoms. The van der Waals surface area contributed by atoms with E-state index in [0.717, 1.165) is 17.6 Å². The highest BCUT2D eigenvalue weighted by atomic mass is 32.1. The molecule has 0 amide bonds. The van der Waals surface area contributed by atoms with E-state index in [9.17, 15) is 4.79 Å². The van der Waals surface area contributed by atoms with Crippen LogP contribution < -0.4 is 4.90 Å². The molecule has 1 saturated carbocycles. The first-order valence-electron chi connectivity index (χ1n) is 5.58. The van der Waals surface area contributed by atoms with Crippen molar-refractivity contribution in [1.82, 2.24) is 4.98 Å². The Morgan fingerprint density at radius 2 is 2.50 bits per heavy atom. The van der Waals surface area contributed by atoms with Gasteiger partial charge in [-0.1, -0.05) is 0 Å². The number of rotatable bonds is 2. The lowest BCUT2D eigenvalue weighted by Crippen LogP contribution is -2.31. The van der Waals surface area contributed by atoms with Crippen molar-refractivity contribution >= 4 is 22.4 Å². The number of carbonyl (C=O) groups is 1. The minimum Gasteiger partial charge on any atom is -0.464 e. The van der Waals surface area contributed by atoms with Crippen molar-refractivity contribution in [3.63, 3.8) is 0 Å². The molecule has 0 spiro atoms. The molecule has 2 aliphatic rings. The third-order valence-corrected chi connectivity index (χ3v) is 4.42. The summed E-state index contributed by atoms with van der Waals surface area (Å²) in [5, 5.41) is 2.76. The average Bonchev–Trinajstić information content (AvgIpc) is 3.02. The predicted octanol–water partition coefficient (Wildman–Crippen LogP) is 1.92. The summed E-state index contributed by atoms with van der Waals surface area (Å²) in [5.41, 5.74) is 0.435. The van der Waals surface area contributed by atoms with Crippen LogP contribution in [0.1, 0.15) is 29.8 Å². The number of fused-ring (bicyclic) bond motifs is 2. The number of esters is 1. The molecule has 1 aliphatic heterocycles. The number of thiazole rings is 1. The smallest absolute Gasteiger partial charge is 0.357 e. The van der Waals surface area contributed by atoms with Gasteiger partial charge in [-0.2, -0.15) is 0 Å². The fraction of sp³-hybridized carbons (Fsp3) is 0.636. The molecule has 5 heteroatoms. The number of carbonyl (C=O) groups excluding carboxylic acids is 1. The van der Waals surface area contributed by atoms with Gasteiger partial charge in [0.05, 0.1) is 7.11 Å². The van der Waals surface area contributed by atoms with Crippen LogP contribution in [0.3, 0.4) is 0 Å². The van der Waals surface area contributed by atoms with Crippen LogP contribution in [0.15, 0.2) is 5.38 Å². The Morgan fingerprint density at radius 3 is 3.12 bits per heavy atom. The van der Waals surface area contributed by atoms with E-state index in [2.05, 4.69) is 14.6 Å². The monoisotopic (exact) mass is 238 g/mol. The molecule has 3 rings (SSSR count). The Morgan fingerprint density at radius 1 is 1.62 bits per heavy atom. The number of methoxy groups -OCH3 is 1. The van der Waals surface area contributed by atoms with Gasteiger partial charge in [-0.3, -0.25) is 0 Å². The van der Waals surface area contributed by atoms with Gasteiger partial charge in [0.25, 0.3) is 0 Å². The van der Waals surface area contributed by atoms with Crippen molar-refractivity contribution < 1.29 is 9.53 Å². The minimum atomic E-state index is -0.341. The third-order valence-electron chi connectivity index (χ3n) is 3.54. The zero-order valence-electron chi connectivity index (χ0n) is 9.18. The van der Waals surface area contributed by atoms with Gasteiger partial charge in [0.2, 0.25) is 0 Å². The Labute approximate surface area is 98.2 Å². The Hall–Kier alpha value is -1.10. The van der Waals surface area contributed by atoms with Gasteiger partial charge in [0.15, 0.2) is 10.8 Å². The quantitative estimate of drug-likeness (QED) is 0.738. The highest BCUT2D eigenvalue weighted by molar-refractivity contribution is 7.13. The maximum atomic E-state index is 11.3. The second-order valence-corrected chi connectivity index (χ2v) is 5.33. The van der Waals surface area contributed by atoms with E-state index in [0.29, 0.717) is 11.7 Å². The van der Waals surface area contributed by atoms with E-state index < -0.39 is 0 Å². The Kier molecular flexibility index (Phi) is 2.35. The first kappa shape index (κ1) is 10.1. The molecule has 0 aromatic carbocycles. The molecular formula is C11H14N2O2S. The van der Waals surface area contributed by atoms with Crippen molar-refractivity contribution in [1.29, 1.82) is 0 Å². The van der Waals surface area contributed by atoms with Crippen LogP contribution in [0.4, 0.5) is 5.13 Å². The summed E-state index contributed by atoms with van der Waals surface area (Å²) in [6.07, 6.45) is 3.93. The molecule has 2 heterocycles.